The highest BCUT2D eigenvalue weighted by molar-refractivity contribution is 5.87. The molecule has 0 fully saturated rings. The molecule has 0 aliphatic heterocycles. The first-order chi connectivity index (χ1) is 9.06. The molecule has 1 aromatic carbocycles. The van der Waals surface area contributed by atoms with Gasteiger partial charge < -0.3 is 9.84 Å². The van der Waals surface area contributed by atoms with E-state index in [-0.39, 0.29) is 5.56 Å². The minimum Gasteiger partial charge on any atom is -0.487 e. The molecule has 1 heterocycles. The van der Waals surface area contributed by atoms with Gasteiger partial charge in [-0.15, -0.1) is 0 Å². The van der Waals surface area contributed by atoms with Crippen molar-refractivity contribution in [1.29, 1.82) is 0 Å². The molecule has 0 aliphatic rings. The third-order valence-corrected chi connectivity index (χ3v) is 2.79. The fourth-order valence-electron chi connectivity index (χ4n) is 1.65. The summed E-state index contributed by atoms with van der Waals surface area (Å²) in [6.45, 7) is 4.31. The van der Waals surface area contributed by atoms with Crippen molar-refractivity contribution in [2.24, 2.45) is 0 Å². The lowest BCUT2D eigenvalue weighted by Gasteiger charge is -2.09. The topological polar surface area (TPSA) is 59.4 Å². The van der Waals surface area contributed by atoms with E-state index in [1.54, 1.807) is 6.07 Å². The van der Waals surface area contributed by atoms with Crippen LogP contribution in [0, 0.1) is 13.8 Å². The summed E-state index contributed by atoms with van der Waals surface area (Å²) in [4.78, 5) is 14.8. The van der Waals surface area contributed by atoms with Gasteiger partial charge in [0, 0.05) is 6.20 Å². The number of nitrogens with zero attached hydrogens (tertiary/aromatic N) is 1. The van der Waals surface area contributed by atoms with Crippen LogP contribution < -0.4 is 4.74 Å². The zero-order valence-electron chi connectivity index (χ0n) is 10.9. The van der Waals surface area contributed by atoms with Crippen LogP contribution in [0.5, 0.6) is 5.75 Å². The number of carboxylic acids is 1. The maximum atomic E-state index is 10.7. The molecule has 2 aromatic rings. The normalized spacial score (nSPS) is 10.2. The summed E-state index contributed by atoms with van der Waals surface area (Å²) in [7, 11) is 0. The van der Waals surface area contributed by atoms with Gasteiger partial charge in [0.1, 0.15) is 12.4 Å². The summed E-state index contributed by atoms with van der Waals surface area (Å²) < 4.78 is 5.69. The van der Waals surface area contributed by atoms with E-state index in [1.165, 1.54) is 12.3 Å². The van der Waals surface area contributed by atoms with Crippen molar-refractivity contribution in [3.05, 3.63) is 58.9 Å². The van der Waals surface area contributed by atoms with Gasteiger partial charge in [0.25, 0.3) is 0 Å². The van der Waals surface area contributed by atoms with Gasteiger partial charge in [-0.05, 0) is 43.2 Å². The second-order valence-corrected chi connectivity index (χ2v) is 4.40. The largest absolute Gasteiger partial charge is 0.487 e. The molecular weight excluding hydrogens is 242 g/mol. The van der Waals surface area contributed by atoms with Crippen LogP contribution in [0.1, 0.15) is 27.2 Å². The zero-order valence-corrected chi connectivity index (χ0v) is 10.9. The number of aryl methyl sites for hydroxylation is 2. The summed E-state index contributed by atoms with van der Waals surface area (Å²) in [5, 5.41) is 8.78. The third kappa shape index (κ3) is 3.31. The second kappa shape index (κ2) is 5.52. The number of aromatic nitrogens is 1. The number of hydrogen-bond acceptors (Lipinski definition) is 3. The van der Waals surface area contributed by atoms with E-state index in [9.17, 15) is 4.79 Å². The van der Waals surface area contributed by atoms with Crippen LogP contribution in [-0.4, -0.2) is 16.1 Å². The Morgan fingerprint density at radius 1 is 1.26 bits per heavy atom. The molecule has 0 saturated carbocycles. The van der Waals surface area contributed by atoms with Crippen LogP contribution in [-0.2, 0) is 6.61 Å². The van der Waals surface area contributed by atoms with Gasteiger partial charge in [0.2, 0.25) is 0 Å². The minimum atomic E-state index is -0.977. The molecule has 0 unspecified atom stereocenters. The number of carbonyl (C=O) groups is 1. The molecule has 0 amide bonds. The molecule has 0 radical (unpaired) electrons. The molecule has 19 heavy (non-hydrogen) atoms. The molecule has 1 N–H and O–H groups in total. The van der Waals surface area contributed by atoms with E-state index in [4.69, 9.17) is 9.84 Å². The number of ether oxygens (including phenoxy) is 1. The van der Waals surface area contributed by atoms with Crippen LogP contribution in [0.2, 0.25) is 0 Å². The zero-order chi connectivity index (χ0) is 13.8. The van der Waals surface area contributed by atoms with Crippen molar-refractivity contribution < 1.29 is 14.6 Å². The molecule has 4 nitrogen and oxygen atoms in total. The van der Waals surface area contributed by atoms with Gasteiger partial charge in [-0.1, -0.05) is 12.1 Å². The van der Waals surface area contributed by atoms with Crippen molar-refractivity contribution in [1.82, 2.24) is 4.98 Å². The minimum absolute atomic E-state index is 0.176. The van der Waals surface area contributed by atoms with Crippen molar-refractivity contribution in [2.45, 2.75) is 20.5 Å². The number of carboxylic acid groups (broad SMARTS) is 1. The van der Waals surface area contributed by atoms with Crippen LogP contribution in [0.4, 0.5) is 0 Å². The van der Waals surface area contributed by atoms with E-state index in [1.807, 2.05) is 32.0 Å². The van der Waals surface area contributed by atoms with E-state index < -0.39 is 5.97 Å². The highest BCUT2D eigenvalue weighted by atomic mass is 16.5. The molecule has 0 atom stereocenters. The lowest BCUT2D eigenvalue weighted by Crippen LogP contribution is -2.02. The lowest BCUT2D eigenvalue weighted by molar-refractivity contribution is 0.0696. The Balaban J connectivity index is 2.06. The van der Waals surface area contributed by atoms with E-state index in [0.29, 0.717) is 12.3 Å². The first-order valence-corrected chi connectivity index (χ1v) is 5.94. The molecule has 1 aromatic heterocycles. The average molecular weight is 257 g/mol. The maximum Gasteiger partial charge on any atom is 0.337 e. The van der Waals surface area contributed by atoms with Gasteiger partial charge >= 0.3 is 5.97 Å². The van der Waals surface area contributed by atoms with E-state index >= 15 is 0 Å². The van der Waals surface area contributed by atoms with Crippen molar-refractivity contribution in [2.75, 3.05) is 0 Å². The second-order valence-electron chi connectivity index (χ2n) is 4.40. The van der Waals surface area contributed by atoms with E-state index in [2.05, 4.69) is 4.98 Å². The number of rotatable bonds is 4. The average Bonchev–Trinajstić information content (AvgIpc) is 2.40. The van der Waals surface area contributed by atoms with Gasteiger partial charge in [-0.3, -0.25) is 4.98 Å². The fourth-order valence-corrected chi connectivity index (χ4v) is 1.65. The third-order valence-electron chi connectivity index (χ3n) is 2.79. The SMILES string of the molecule is Cc1ccc(C)c(OCc2ccc(C(=O)O)cn2)c1. The van der Waals surface area contributed by atoms with Crippen LogP contribution in [0.15, 0.2) is 36.5 Å². The van der Waals surface area contributed by atoms with Crippen molar-refractivity contribution >= 4 is 5.97 Å². The first kappa shape index (κ1) is 13.1. The molecule has 4 heteroatoms. The summed E-state index contributed by atoms with van der Waals surface area (Å²) in [5.74, 6) is -0.154. The Labute approximate surface area is 111 Å². The molecule has 0 aliphatic carbocycles. The Hall–Kier alpha value is -2.36. The smallest absolute Gasteiger partial charge is 0.337 e. The predicted octanol–water partition coefficient (Wildman–Crippen LogP) is 2.98. The molecule has 2 rings (SSSR count). The molecule has 0 spiro atoms. The van der Waals surface area contributed by atoms with Crippen LogP contribution in [0.25, 0.3) is 0 Å². The highest BCUT2D eigenvalue weighted by Crippen LogP contribution is 2.20. The maximum absolute atomic E-state index is 10.7. The Bertz CT molecular complexity index is 591. The van der Waals surface area contributed by atoms with Gasteiger partial charge in [-0.2, -0.15) is 0 Å². The number of pyridine rings is 1. The Kier molecular flexibility index (Phi) is 3.80. The summed E-state index contributed by atoms with van der Waals surface area (Å²) in [6, 6.07) is 9.19. The van der Waals surface area contributed by atoms with Crippen LogP contribution in [0.3, 0.4) is 0 Å². The van der Waals surface area contributed by atoms with Crippen molar-refractivity contribution in [3.63, 3.8) is 0 Å². The number of aromatic carboxylic acids is 1. The molecule has 0 saturated heterocycles. The standard InChI is InChI=1S/C15H15NO3/c1-10-3-4-11(2)14(7-10)19-9-13-6-5-12(8-16-13)15(17)18/h3-8H,9H2,1-2H3,(H,17,18). The van der Waals surface area contributed by atoms with E-state index in [0.717, 1.165) is 16.9 Å². The molecule has 0 bridgehead atoms. The molecule has 98 valence electrons. The highest BCUT2D eigenvalue weighted by Gasteiger charge is 2.04. The quantitative estimate of drug-likeness (QED) is 0.914. The Morgan fingerprint density at radius 3 is 2.68 bits per heavy atom. The first-order valence-electron chi connectivity index (χ1n) is 5.94. The summed E-state index contributed by atoms with van der Waals surface area (Å²) >= 11 is 0. The fraction of sp³-hybridized carbons (Fsp3) is 0.200. The predicted molar refractivity (Wildman–Crippen MR) is 71.4 cm³/mol. The summed E-state index contributed by atoms with van der Waals surface area (Å²) in [5.41, 5.74) is 3.07. The Morgan fingerprint density at radius 2 is 2.05 bits per heavy atom. The number of hydrogen-bond donors (Lipinski definition) is 1. The van der Waals surface area contributed by atoms with Gasteiger partial charge in [0.15, 0.2) is 0 Å². The molecular formula is C15H15NO3. The van der Waals surface area contributed by atoms with Crippen LogP contribution >= 0.6 is 0 Å². The summed E-state index contributed by atoms with van der Waals surface area (Å²) in [6.07, 6.45) is 1.34. The van der Waals surface area contributed by atoms with Gasteiger partial charge in [-0.25, -0.2) is 4.79 Å². The van der Waals surface area contributed by atoms with Crippen molar-refractivity contribution in [3.8, 4) is 5.75 Å². The monoisotopic (exact) mass is 257 g/mol. The number of benzene rings is 1. The lowest BCUT2D eigenvalue weighted by atomic mass is 10.1. The van der Waals surface area contributed by atoms with Gasteiger partial charge in [0.05, 0.1) is 11.3 Å².